The van der Waals surface area contributed by atoms with Gasteiger partial charge in [-0.3, -0.25) is 0 Å². The molecule has 0 aliphatic rings. The third kappa shape index (κ3) is 5.79. The van der Waals surface area contributed by atoms with Gasteiger partial charge in [0.25, 0.3) is 0 Å². The molecule has 3 heteroatoms. The van der Waals surface area contributed by atoms with Crippen LogP contribution in [0, 0.1) is 0 Å². The molecule has 0 saturated carbocycles. The minimum Gasteiger partial charge on any atom is -0.497 e. The molecule has 0 spiro atoms. The number of benzene rings is 1. The highest BCUT2D eigenvalue weighted by atomic mass is 16.5. The highest BCUT2D eigenvalue weighted by molar-refractivity contribution is 5.41. The van der Waals surface area contributed by atoms with Crippen LogP contribution in [-0.4, -0.2) is 19.3 Å². The lowest BCUT2D eigenvalue weighted by Crippen LogP contribution is -2.35. The van der Waals surface area contributed by atoms with Gasteiger partial charge in [0.2, 0.25) is 0 Å². The van der Waals surface area contributed by atoms with Crippen LogP contribution < -0.4 is 14.8 Å². The van der Waals surface area contributed by atoms with Gasteiger partial charge in [-0.2, -0.15) is 0 Å². The first-order chi connectivity index (χ1) is 8.81. The van der Waals surface area contributed by atoms with Crippen LogP contribution in [0.2, 0.25) is 0 Å². The zero-order valence-electron chi connectivity index (χ0n) is 12.7. The summed E-state index contributed by atoms with van der Waals surface area (Å²) in [6.45, 7) is 13.5. The molecule has 0 heterocycles. The van der Waals surface area contributed by atoms with Gasteiger partial charge in [-0.05, 0) is 39.3 Å². The van der Waals surface area contributed by atoms with Crippen molar-refractivity contribution in [1.82, 2.24) is 5.32 Å². The summed E-state index contributed by atoms with van der Waals surface area (Å²) in [6, 6.07) is 5.90. The average molecular weight is 263 g/mol. The van der Waals surface area contributed by atoms with Gasteiger partial charge in [-0.25, -0.2) is 0 Å². The molecule has 1 aromatic carbocycles. The molecular formula is C16H25NO2. The van der Waals surface area contributed by atoms with Gasteiger partial charge in [-0.1, -0.05) is 12.6 Å². The van der Waals surface area contributed by atoms with E-state index in [4.69, 9.17) is 9.47 Å². The molecule has 0 aliphatic carbocycles. The lowest BCUT2D eigenvalue weighted by atomic mass is 10.1. The summed E-state index contributed by atoms with van der Waals surface area (Å²) < 4.78 is 11.0. The second-order valence-corrected chi connectivity index (χ2v) is 5.82. The normalized spacial score (nSPS) is 11.2. The Bertz CT molecular complexity index is 433. The second-order valence-electron chi connectivity index (χ2n) is 5.82. The molecule has 0 fully saturated rings. The molecule has 0 saturated heterocycles. The molecule has 0 atom stereocenters. The van der Waals surface area contributed by atoms with Gasteiger partial charge in [0, 0.05) is 23.7 Å². The van der Waals surface area contributed by atoms with Gasteiger partial charge in [0.1, 0.15) is 18.1 Å². The van der Waals surface area contributed by atoms with Crippen LogP contribution in [0.15, 0.2) is 30.4 Å². The Labute approximate surface area is 116 Å². The van der Waals surface area contributed by atoms with Crippen LogP contribution in [0.1, 0.15) is 33.3 Å². The summed E-state index contributed by atoms with van der Waals surface area (Å²) in [4.78, 5) is 0. The Balaban J connectivity index is 2.85. The molecule has 1 N–H and O–H groups in total. The number of hydrogen-bond donors (Lipinski definition) is 1. The first-order valence-electron chi connectivity index (χ1n) is 6.51. The molecule has 19 heavy (non-hydrogen) atoms. The third-order valence-electron chi connectivity index (χ3n) is 2.56. The molecule has 0 aliphatic heterocycles. The lowest BCUT2D eigenvalue weighted by molar-refractivity contribution is 0.339. The quantitative estimate of drug-likeness (QED) is 0.796. The molecule has 106 valence electrons. The number of nitrogens with one attached hydrogen (secondary N) is 1. The monoisotopic (exact) mass is 263 g/mol. The maximum Gasteiger partial charge on any atom is 0.127 e. The largest absolute Gasteiger partial charge is 0.497 e. The van der Waals surface area contributed by atoms with E-state index in [0.717, 1.165) is 29.2 Å². The molecule has 0 aromatic heterocycles. The van der Waals surface area contributed by atoms with Crippen molar-refractivity contribution in [3.63, 3.8) is 0 Å². The molecule has 0 amide bonds. The number of hydrogen-bond acceptors (Lipinski definition) is 3. The van der Waals surface area contributed by atoms with Crippen molar-refractivity contribution < 1.29 is 9.47 Å². The highest BCUT2D eigenvalue weighted by Gasteiger charge is 2.12. The zero-order chi connectivity index (χ0) is 14.5. The molecule has 0 radical (unpaired) electrons. The van der Waals surface area contributed by atoms with Crippen molar-refractivity contribution in [1.29, 1.82) is 0 Å². The number of rotatable bonds is 6. The minimum atomic E-state index is 0.0750. The van der Waals surface area contributed by atoms with Gasteiger partial charge < -0.3 is 14.8 Å². The summed E-state index contributed by atoms with van der Waals surface area (Å²) in [5, 5.41) is 3.46. The predicted molar refractivity (Wildman–Crippen MR) is 79.9 cm³/mol. The van der Waals surface area contributed by atoms with Gasteiger partial charge in [0.15, 0.2) is 0 Å². The van der Waals surface area contributed by atoms with Crippen molar-refractivity contribution >= 4 is 0 Å². The Morgan fingerprint density at radius 2 is 2.00 bits per heavy atom. The van der Waals surface area contributed by atoms with E-state index < -0.39 is 0 Å². The van der Waals surface area contributed by atoms with E-state index in [1.165, 1.54) is 0 Å². The van der Waals surface area contributed by atoms with Crippen LogP contribution in [0.3, 0.4) is 0 Å². The Morgan fingerprint density at radius 3 is 2.53 bits per heavy atom. The predicted octanol–water partition coefficient (Wildman–Crippen LogP) is 3.54. The standard InChI is InChI=1S/C16H25NO2/c1-12(2)11-19-15-9-14(18-6)8-7-13(15)10-17-16(3,4)5/h7-9,17H,1,10-11H2,2-6H3. The molecule has 1 rings (SSSR count). The first kappa shape index (κ1) is 15.6. The molecule has 0 unspecified atom stereocenters. The summed E-state index contributed by atoms with van der Waals surface area (Å²) in [5.74, 6) is 1.65. The van der Waals surface area contributed by atoms with E-state index >= 15 is 0 Å². The minimum absolute atomic E-state index is 0.0750. The van der Waals surface area contributed by atoms with Crippen molar-refractivity contribution in [2.24, 2.45) is 0 Å². The molecule has 3 nitrogen and oxygen atoms in total. The van der Waals surface area contributed by atoms with E-state index in [-0.39, 0.29) is 5.54 Å². The van der Waals surface area contributed by atoms with E-state index in [1.54, 1.807) is 7.11 Å². The molecule has 0 bridgehead atoms. The Morgan fingerprint density at radius 1 is 1.32 bits per heavy atom. The van der Waals surface area contributed by atoms with Crippen LogP contribution >= 0.6 is 0 Å². The zero-order valence-corrected chi connectivity index (χ0v) is 12.7. The van der Waals surface area contributed by atoms with Gasteiger partial charge in [-0.15, -0.1) is 0 Å². The summed E-state index contributed by atoms with van der Waals surface area (Å²) in [5.41, 5.74) is 2.19. The van der Waals surface area contributed by atoms with E-state index in [2.05, 4.69) is 32.7 Å². The summed E-state index contributed by atoms with van der Waals surface area (Å²) >= 11 is 0. The summed E-state index contributed by atoms with van der Waals surface area (Å²) in [7, 11) is 1.66. The number of ether oxygens (including phenoxy) is 2. The van der Waals surface area contributed by atoms with Gasteiger partial charge in [0.05, 0.1) is 7.11 Å². The maximum absolute atomic E-state index is 5.79. The van der Waals surface area contributed by atoms with E-state index in [1.807, 2.05) is 25.1 Å². The van der Waals surface area contributed by atoms with Crippen LogP contribution in [0.5, 0.6) is 11.5 Å². The van der Waals surface area contributed by atoms with Crippen molar-refractivity contribution in [3.8, 4) is 11.5 Å². The average Bonchev–Trinajstić information content (AvgIpc) is 2.33. The second kappa shape index (κ2) is 6.62. The van der Waals surface area contributed by atoms with E-state index in [9.17, 15) is 0 Å². The molecular weight excluding hydrogens is 238 g/mol. The first-order valence-corrected chi connectivity index (χ1v) is 6.51. The van der Waals surface area contributed by atoms with Crippen LogP contribution in [0.4, 0.5) is 0 Å². The van der Waals surface area contributed by atoms with Crippen molar-refractivity contribution in [2.45, 2.75) is 39.8 Å². The van der Waals surface area contributed by atoms with Crippen LogP contribution in [0.25, 0.3) is 0 Å². The Hall–Kier alpha value is -1.48. The third-order valence-corrected chi connectivity index (χ3v) is 2.56. The van der Waals surface area contributed by atoms with Crippen molar-refractivity contribution in [2.75, 3.05) is 13.7 Å². The SMILES string of the molecule is C=C(C)COc1cc(OC)ccc1CNC(C)(C)C. The fourth-order valence-electron chi connectivity index (χ4n) is 1.50. The van der Waals surface area contributed by atoms with Crippen LogP contribution in [-0.2, 0) is 6.54 Å². The molecule has 1 aromatic rings. The number of methoxy groups -OCH3 is 1. The fraction of sp³-hybridized carbons (Fsp3) is 0.500. The Kier molecular flexibility index (Phi) is 5.43. The van der Waals surface area contributed by atoms with Crippen molar-refractivity contribution in [3.05, 3.63) is 35.9 Å². The maximum atomic E-state index is 5.79. The lowest BCUT2D eigenvalue weighted by Gasteiger charge is -2.22. The summed E-state index contributed by atoms with van der Waals surface area (Å²) in [6.07, 6.45) is 0. The highest BCUT2D eigenvalue weighted by Crippen LogP contribution is 2.25. The van der Waals surface area contributed by atoms with E-state index in [0.29, 0.717) is 6.61 Å². The fourth-order valence-corrected chi connectivity index (χ4v) is 1.50. The smallest absolute Gasteiger partial charge is 0.127 e. The topological polar surface area (TPSA) is 30.5 Å². The van der Waals surface area contributed by atoms with Gasteiger partial charge >= 0.3 is 0 Å².